The van der Waals surface area contributed by atoms with E-state index in [1.807, 2.05) is 43.3 Å². The lowest BCUT2D eigenvalue weighted by Crippen LogP contribution is -2.11. The van der Waals surface area contributed by atoms with Gasteiger partial charge in [0.1, 0.15) is 11.5 Å². The standard InChI is InChI=1S/C19H24N2O4/c1-13(19-16(23-3)7-6-8-17(19)24-4)21-20-12-14-9-10-15(22-2)18(11-14)25-5/h6-11,20H,12H2,1-5H3/b21-13+. The highest BCUT2D eigenvalue weighted by atomic mass is 16.5. The van der Waals surface area contributed by atoms with Crippen LogP contribution in [-0.2, 0) is 6.54 Å². The summed E-state index contributed by atoms with van der Waals surface area (Å²) in [6, 6.07) is 11.4. The Morgan fingerprint density at radius 3 is 2.00 bits per heavy atom. The van der Waals surface area contributed by atoms with Gasteiger partial charge in [-0.3, -0.25) is 0 Å². The van der Waals surface area contributed by atoms with Crippen molar-refractivity contribution in [3.8, 4) is 23.0 Å². The Morgan fingerprint density at radius 2 is 1.44 bits per heavy atom. The molecule has 1 N–H and O–H groups in total. The normalized spacial score (nSPS) is 11.0. The lowest BCUT2D eigenvalue weighted by atomic mass is 10.1. The van der Waals surface area contributed by atoms with Crippen molar-refractivity contribution in [1.82, 2.24) is 5.43 Å². The first-order chi connectivity index (χ1) is 12.1. The molecule has 6 nitrogen and oxygen atoms in total. The van der Waals surface area contributed by atoms with Crippen LogP contribution in [0.3, 0.4) is 0 Å². The topological polar surface area (TPSA) is 61.3 Å². The van der Waals surface area contributed by atoms with Crippen LogP contribution in [0.15, 0.2) is 41.5 Å². The molecule has 0 aliphatic carbocycles. The fourth-order valence-corrected chi connectivity index (χ4v) is 2.50. The highest BCUT2D eigenvalue weighted by Gasteiger charge is 2.12. The second kappa shape index (κ2) is 8.82. The van der Waals surface area contributed by atoms with Gasteiger partial charge in [0.25, 0.3) is 0 Å². The molecule has 0 aromatic heterocycles. The summed E-state index contributed by atoms with van der Waals surface area (Å²) < 4.78 is 21.4. The predicted octanol–water partition coefficient (Wildman–Crippen LogP) is 3.23. The smallest absolute Gasteiger partial charge is 0.161 e. The van der Waals surface area contributed by atoms with Gasteiger partial charge in [0.15, 0.2) is 11.5 Å². The Hall–Kier alpha value is -2.89. The minimum atomic E-state index is 0.551. The van der Waals surface area contributed by atoms with Gasteiger partial charge in [0, 0.05) is 0 Å². The van der Waals surface area contributed by atoms with Crippen LogP contribution in [0, 0.1) is 0 Å². The Bertz CT molecular complexity index is 722. The number of rotatable bonds is 8. The molecule has 0 fully saturated rings. The van der Waals surface area contributed by atoms with E-state index in [2.05, 4.69) is 10.5 Å². The van der Waals surface area contributed by atoms with Gasteiger partial charge in [-0.1, -0.05) is 12.1 Å². The maximum Gasteiger partial charge on any atom is 0.161 e. The Labute approximate surface area is 148 Å². The van der Waals surface area contributed by atoms with Crippen molar-refractivity contribution >= 4 is 5.71 Å². The summed E-state index contributed by atoms with van der Waals surface area (Å²) in [5.41, 5.74) is 5.70. The molecule has 134 valence electrons. The monoisotopic (exact) mass is 344 g/mol. The quantitative estimate of drug-likeness (QED) is 0.588. The highest BCUT2D eigenvalue weighted by molar-refractivity contribution is 6.03. The highest BCUT2D eigenvalue weighted by Crippen LogP contribution is 2.29. The number of ether oxygens (including phenoxy) is 4. The van der Waals surface area contributed by atoms with Crippen molar-refractivity contribution in [1.29, 1.82) is 0 Å². The molecule has 0 spiro atoms. The molecular weight excluding hydrogens is 320 g/mol. The fourth-order valence-electron chi connectivity index (χ4n) is 2.50. The van der Waals surface area contributed by atoms with Crippen LogP contribution in [0.25, 0.3) is 0 Å². The van der Waals surface area contributed by atoms with E-state index in [1.165, 1.54) is 0 Å². The third-order valence-corrected chi connectivity index (χ3v) is 3.77. The van der Waals surface area contributed by atoms with E-state index in [1.54, 1.807) is 28.4 Å². The average Bonchev–Trinajstić information content (AvgIpc) is 2.66. The van der Waals surface area contributed by atoms with Gasteiger partial charge in [0.2, 0.25) is 0 Å². The molecule has 2 aromatic rings. The predicted molar refractivity (Wildman–Crippen MR) is 98.1 cm³/mol. The molecule has 0 saturated carbocycles. The lowest BCUT2D eigenvalue weighted by Gasteiger charge is -2.13. The molecule has 0 aliphatic rings. The first kappa shape index (κ1) is 18.4. The molecule has 6 heteroatoms. The molecule has 2 rings (SSSR count). The van der Waals surface area contributed by atoms with Crippen LogP contribution in [-0.4, -0.2) is 34.2 Å². The van der Waals surface area contributed by atoms with Crippen LogP contribution in [0.4, 0.5) is 0 Å². The van der Waals surface area contributed by atoms with Crippen LogP contribution in [0.5, 0.6) is 23.0 Å². The zero-order chi connectivity index (χ0) is 18.2. The van der Waals surface area contributed by atoms with Gasteiger partial charge in [0.05, 0.1) is 46.3 Å². The molecule has 25 heavy (non-hydrogen) atoms. The summed E-state index contributed by atoms with van der Waals surface area (Å²) in [5.74, 6) is 2.82. The molecule has 0 saturated heterocycles. The van der Waals surface area contributed by atoms with E-state index in [0.29, 0.717) is 29.5 Å². The molecule has 0 bridgehead atoms. The summed E-state index contributed by atoms with van der Waals surface area (Å²) in [6.07, 6.45) is 0. The van der Waals surface area contributed by atoms with Gasteiger partial charge in [-0.2, -0.15) is 5.10 Å². The van der Waals surface area contributed by atoms with Crippen molar-refractivity contribution < 1.29 is 18.9 Å². The summed E-state index contributed by atoms with van der Waals surface area (Å²) in [4.78, 5) is 0. The fraction of sp³-hybridized carbons (Fsp3) is 0.316. The maximum absolute atomic E-state index is 5.41. The zero-order valence-electron chi connectivity index (χ0n) is 15.3. The number of nitrogens with zero attached hydrogens (tertiary/aromatic N) is 1. The number of methoxy groups -OCH3 is 4. The van der Waals surface area contributed by atoms with Gasteiger partial charge in [-0.05, 0) is 36.8 Å². The Kier molecular flexibility index (Phi) is 6.51. The SMILES string of the molecule is COc1ccc(CN/N=C(\C)c2c(OC)cccc2OC)cc1OC. The first-order valence-electron chi connectivity index (χ1n) is 7.84. The molecular formula is C19H24N2O4. The third-order valence-electron chi connectivity index (χ3n) is 3.77. The van der Waals surface area contributed by atoms with Crippen LogP contribution in [0.2, 0.25) is 0 Å². The molecule has 0 aliphatic heterocycles. The van der Waals surface area contributed by atoms with E-state index in [0.717, 1.165) is 16.8 Å². The number of hydrazone groups is 1. The van der Waals surface area contributed by atoms with Crippen molar-refractivity contribution in [3.05, 3.63) is 47.5 Å². The van der Waals surface area contributed by atoms with Crippen LogP contribution in [0.1, 0.15) is 18.1 Å². The second-order valence-corrected chi connectivity index (χ2v) is 5.26. The van der Waals surface area contributed by atoms with E-state index in [9.17, 15) is 0 Å². The number of hydrogen-bond acceptors (Lipinski definition) is 6. The Balaban J connectivity index is 2.15. The summed E-state index contributed by atoms with van der Waals surface area (Å²) in [6.45, 7) is 2.46. The van der Waals surface area contributed by atoms with E-state index in [4.69, 9.17) is 18.9 Å². The van der Waals surface area contributed by atoms with E-state index >= 15 is 0 Å². The second-order valence-electron chi connectivity index (χ2n) is 5.26. The lowest BCUT2D eigenvalue weighted by molar-refractivity contribution is 0.354. The molecule has 0 radical (unpaired) electrons. The summed E-state index contributed by atoms with van der Waals surface area (Å²) in [5, 5.41) is 4.44. The van der Waals surface area contributed by atoms with Gasteiger partial charge in [-0.25, -0.2) is 0 Å². The van der Waals surface area contributed by atoms with Crippen LogP contribution < -0.4 is 24.4 Å². The van der Waals surface area contributed by atoms with Crippen LogP contribution >= 0.6 is 0 Å². The van der Waals surface area contributed by atoms with E-state index < -0.39 is 0 Å². The first-order valence-corrected chi connectivity index (χ1v) is 7.84. The summed E-state index contributed by atoms with van der Waals surface area (Å²) in [7, 11) is 6.49. The van der Waals surface area contributed by atoms with Gasteiger partial charge in [-0.15, -0.1) is 0 Å². The average molecular weight is 344 g/mol. The van der Waals surface area contributed by atoms with E-state index in [-0.39, 0.29) is 0 Å². The molecule has 0 atom stereocenters. The molecule has 0 amide bonds. The van der Waals surface area contributed by atoms with Gasteiger partial charge < -0.3 is 24.4 Å². The number of hydrogen-bond donors (Lipinski definition) is 1. The van der Waals surface area contributed by atoms with Gasteiger partial charge >= 0.3 is 0 Å². The minimum Gasteiger partial charge on any atom is -0.496 e. The zero-order valence-corrected chi connectivity index (χ0v) is 15.3. The molecule has 2 aromatic carbocycles. The third kappa shape index (κ3) is 4.35. The molecule has 0 heterocycles. The minimum absolute atomic E-state index is 0.551. The van der Waals surface area contributed by atoms with Crippen molar-refractivity contribution in [2.75, 3.05) is 28.4 Å². The summed E-state index contributed by atoms with van der Waals surface area (Å²) >= 11 is 0. The number of nitrogens with one attached hydrogen (secondary N) is 1. The largest absolute Gasteiger partial charge is 0.496 e. The number of benzene rings is 2. The Morgan fingerprint density at radius 1 is 0.840 bits per heavy atom. The van der Waals surface area contributed by atoms with Crippen molar-refractivity contribution in [3.63, 3.8) is 0 Å². The maximum atomic E-state index is 5.41. The van der Waals surface area contributed by atoms with Crippen molar-refractivity contribution in [2.45, 2.75) is 13.5 Å². The van der Waals surface area contributed by atoms with Crippen molar-refractivity contribution in [2.24, 2.45) is 5.10 Å². The molecule has 0 unspecified atom stereocenters.